The first-order valence-corrected chi connectivity index (χ1v) is 5.07. The van der Waals surface area contributed by atoms with E-state index in [1.54, 1.807) is 12.1 Å². The Morgan fingerprint density at radius 2 is 2.23 bits per heavy atom. The first-order valence-electron chi connectivity index (χ1n) is 4.28. The van der Waals surface area contributed by atoms with E-state index < -0.39 is 6.10 Å². The van der Waals surface area contributed by atoms with E-state index >= 15 is 0 Å². The van der Waals surface area contributed by atoms with Crippen LogP contribution in [0.5, 0.6) is 0 Å². The van der Waals surface area contributed by atoms with Gasteiger partial charge in [-0.25, -0.2) is 4.39 Å². The molecule has 0 heterocycles. The van der Waals surface area contributed by atoms with Crippen LogP contribution in [0, 0.1) is 5.82 Å². The predicted molar refractivity (Wildman–Crippen MR) is 54.0 cm³/mol. The lowest BCUT2D eigenvalue weighted by Gasteiger charge is -2.10. The zero-order valence-electron chi connectivity index (χ0n) is 7.43. The summed E-state index contributed by atoms with van der Waals surface area (Å²) in [5.41, 5.74) is 0.372. The first-order chi connectivity index (χ1) is 6.15. The maximum absolute atomic E-state index is 13.2. The summed E-state index contributed by atoms with van der Waals surface area (Å²) in [7, 11) is 0. The molecule has 0 aliphatic heterocycles. The molecular weight excluding hydrogens is 235 g/mol. The van der Waals surface area contributed by atoms with Gasteiger partial charge in [0.2, 0.25) is 0 Å². The molecule has 0 radical (unpaired) electrons. The molecular formula is C10H12BrFO. The zero-order chi connectivity index (χ0) is 9.84. The molecule has 1 atom stereocenters. The van der Waals surface area contributed by atoms with Crippen LogP contribution in [0.15, 0.2) is 22.7 Å². The maximum Gasteiger partial charge on any atom is 0.129 e. The van der Waals surface area contributed by atoms with Crippen LogP contribution in [0.1, 0.15) is 31.4 Å². The van der Waals surface area contributed by atoms with E-state index in [1.807, 2.05) is 6.92 Å². The smallest absolute Gasteiger partial charge is 0.129 e. The lowest BCUT2D eigenvalue weighted by atomic mass is 10.1. The fourth-order valence-corrected chi connectivity index (χ4v) is 1.58. The SMILES string of the molecule is CCC[C@H](O)c1cc(Br)ccc1F. The van der Waals surface area contributed by atoms with Crippen LogP contribution in [0.2, 0.25) is 0 Å². The number of hydrogen-bond acceptors (Lipinski definition) is 1. The van der Waals surface area contributed by atoms with Gasteiger partial charge in [-0.3, -0.25) is 0 Å². The van der Waals surface area contributed by atoms with Crippen molar-refractivity contribution in [2.75, 3.05) is 0 Å². The van der Waals surface area contributed by atoms with E-state index in [0.29, 0.717) is 12.0 Å². The normalized spacial score (nSPS) is 12.9. The van der Waals surface area contributed by atoms with Gasteiger partial charge in [-0.1, -0.05) is 29.3 Å². The number of aliphatic hydroxyl groups is 1. The van der Waals surface area contributed by atoms with E-state index in [2.05, 4.69) is 15.9 Å². The van der Waals surface area contributed by atoms with Crippen LogP contribution < -0.4 is 0 Å². The topological polar surface area (TPSA) is 20.2 Å². The summed E-state index contributed by atoms with van der Waals surface area (Å²) in [6.45, 7) is 1.96. The molecule has 0 saturated carbocycles. The van der Waals surface area contributed by atoms with Crippen molar-refractivity contribution in [3.63, 3.8) is 0 Å². The van der Waals surface area contributed by atoms with E-state index in [-0.39, 0.29) is 5.82 Å². The maximum atomic E-state index is 13.2. The minimum absolute atomic E-state index is 0.343. The van der Waals surface area contributed by atoms with Crippen molar-refractivity contribution in [2.24, 2.45) is 0 Å². The minimum Gasteiger partial charge on any atom is -0.388 e. The molecule has 1 N–H and O–H groups in total. The first kappa shape index (κ1) is 10.7. The third-order valence-electron chi connectivity index (χ3n) is 1.88. The van der Waals surface area contributed by atoms with E-state index in [1.165, 1.54) is 6.07 Å². The van der Waals surface area contributed by atoms with Crippen LogP contribution >= 0.6 is 15.9 Å². The van der Waals surface area contributed by atoms with Crippen molar-refractivity contribution in [3.8, 4) is 0 Å². The highest BCUT2D eigenvalue weighted by Gasteiger charge is 2.11. The molecule has 0 saturated heterocycles. The molecule has 0 aromatic heterocycles. The molecule has 0 amide bonds. The molecule has 1 aromatic carbocycles. The van der Waals surface area contributed by atoms with Crippen molar-refractivity contribution in [2.45, 2.75) is 25.9 Å². The van der Waals surface area contributed by atoms with Gasteiger partial charge in [-0.15, -0.1) is 0 Å². The average molecular weight is 247 g/mol. The Labute approximate surface area is 85.7 Å². The summed E-state index contributed by atoms with van der Waals surface area (Å²) < 4.78 is 14.0. The summed E-state index contributed by atoms with van der Waals surface area (Å²) in [6, 6.07) is 4.60. The highest BCUT2D eigenvalue weighted by Crippen LogP contribution is 2.24. The Morgan fingerprint density at radius 1 is 1.54 bits per heavy atom. The van der Waals surface area contributed by atoms with Gasteiger partial charge in [0.1, 0.15) is 5.82 Å². The Kier molecular flexibility index (Phi) is 3.88. The Hall–Kier alpha value is -0.410. The van der Waals surface area contributed by atoms with Gasteiger partial charge in [0.05, 0.1) is 6.10 Å². The standard InChI is InChI=1S/C10H12BrFO/c1-2-3-10(13)8-6-7(11)4-5-9(8)12/h4-6,10,13H,2-3H2,1H3/t10-/m0/s1. The second-order valence-electron chi connectivity index (χ2n) is 2.97. The van der Waals surface area contributed by atoms with E-state index in [0.717, 1.165) is 10.9 Å². The number of hydrogen-bond donors (Lipinski definition) is 1. The number of rotatable bonds is 3. The Morgan fingerprint density at radius 3 is 2.85 bits per heavy atom. The molecule has 13 heavy (non-hydrogen) atoms. The molecule has 3 heteroatoms. The molecule has 1 nitrogen and oxygen atoms in total. The van der Waals surface area contributed by atoms with Crippen molar-refractivity contribution >= 4 is 15.9 Å². The Balaban J connectivity index is 2.91. The highest BCUT2D eigenvalue weighted by atomic mass is 79.9. The molecule has 0 bridgehead atoms. The third-order valence-corrected chi connectivity index (χ3v) is 2.37. The lowest BCUT2D eigenvalue weighted by molar-refractivity contribution is 0.162. The monoisotopic (exact) mass is 246 g/mol. The second-order valence-corrected chi connectivity index (χ2v) is 3.89. The third kappa shape index (κ3) is 2.78. The molecule has 0 aliphatic rings. The highest BCUT2D eigenvalue weighted by molar-refractivity contribution is 9.10. The van der Waals surface area contributed by atoms with E-state index in [9.17, 15) is 9.50 Å². The second kappa shape index (κ2) is 4.72. The van der Waals surface area contributed by atoms with Crippen molar-refractivity contribution in [1.29, 1.82) is 0 Å². The minimum atomic E-state index is -0.692. The van der Waals surface area contributed by atoms with Crippen molar-refractivity contribution < 1.29 is 9.50 Å². The molecule has 1 rings (SSSR count). The molecule has 0 spiro atoms. The predicted octanol–water partition coefficient (Wildman–Crippen LogP) is 3.42. The molecule has 1 aromatic rings. The molecule has 0 unspecified atom stereocenters. The fourth-order valence-electron chi connectivity index (χ4n) is 1.20. The molecule has 0 fully saturated rings. The summed E-state index contributed by atoms with van der Waals surface area (Å²) in [6.07, 6.45) is 0.739. The summed E-state index contributed by atoms with van der Waals surface area (Å²) in [5, 5.41) is 9.56. The van der Waals surface area contributed by atoms with E-state index in [4.69, 9.17) is 0 Å². The van der Waals surface area contributed by atoms with Crippen LogP contribution in [-0.4, -0.2) is 5.11 Å². The van der Waals surface area contributed by atoms with Crippen molar-refractivity contribution in [1.82, 2.24) is 0 Å². The van der Waals surface area contributed by atoms with Gasteiger partial charge in [0.15, 0.2) is 0 Å². The largest absolute Gasteiger partial charge is 0.388 e. The van der Waals surface area contributed by atoms with Gasteiger partial charge in [-0.05, 0) is 24.6 Å². The van der Waals surface area contributed by atoms with Crippen LogP contribution in [-0.2, 0) is 0 Å². The summed E-state index contributed by atoms with van der Waals surface area (Å²) >= 11 is 3.24. The molecule has 72 valence electrons. The van der Waals surface area contributed by atoms with Gasteiger partial charge < -0.3 is 5.11 Å². The van der Waals surface area contributed by atoms with Gasteiger partial charge in [0, 0.05) is 10.0 Å². The van der Waals surface area contributed by atoms with Crippen molar-refractivity contribution in [3.05, 3.63) is 34.1 Å². The number of aliphatic hydroxyl groups excluding tert-OH is 1. The van der Waals surface area contributed by atoms with Crippen LogP contribution in [0.3, 0.4) is 0 Å². The van der Waals surface area contributed by atoms with Gasteiger partial charge in [0.25, 0.3) is 0 Å². The summed E-state index contributed by atoms with van der Waals surface area (Å²) in [4.78, 5) is 0. The van der Waals surface area contributed by atoms with Crippen LogP contribution in [0.25, 0.3) is 0 Å². The van der Waals surface area contributed by atoms with Crippen LogP contribution in [0.4, 0.5) is 4.39 Å². The Bertz CT molecular complexity index is 288. The van der Waals surface area contributed by atoms with Gasteiger partial charge >= 0.3 is 0 Å². The number of benzene rings is 1. The summed E-state index contributed by atoms with van der Waals surface area (Å²) in [5.74, 6) is -0.343. The van der Waals surface area contributed by atoms with Gasteiger partial charge in [-0.2, -0.15) is 0 Å². The average Bonchev–Trinajstić information content (AvgIpc) is 2.09. The lowest BCUT2D eigenvalue weighted by Crippen LogP contribution is -1.99. The fraction of sp³-hybridized carbons (Fsp3) is 0.400. The quantitative estimate of drug-likeness (QED) is 0.867. The zero-order valence-corrected chi connectivity index (χ0v) is 9.01. The molecule has 0 aliphatic carbocycles. The number of halogens is 2.